The van der Waals surface area contributed by atoms with E-state index in [0.717, 1.165) is 96.0 Å². The smallest absolute Gasteiger partial charge is 0.306 e. The number of nitrogens with one attached hydrogen (secondary N) is 2. The van der Waals surface area contributed by atoms with Crippen molar-refractivity contribution in [2.45, 2.75) is 200 Å². The molecule has 0 amide bonds. The zero-order chi connectivity index (χ0) is 59.7. The highest BCUT2D eigenvalue weighted by Crippen LogP contribution is 2.84. The van der Waals surface area contributed by atoms with Crippen LogP contribution in [0, 0.1) is 85.8 Å². The highest BCUT2D eigenvalue weighted by atomic mass is 16.4. The van der Waals surface area contributed by atoms with Crippen LogP contribution in [0.5, 0.6) is 0 Å². The number of allylic oxidation sites excluding steroid dienone is 9. The minimum absolute atomic E-state index is 0.112. The molecule has 5 saturated carbocycles. The third kappa shape index (κ3) is 9.19. The molecule has 10 aliphatic carbocycles. The first-order valence-corrected chi connectivity index (χ1v) is 35.3. The Hall–Kier alpha value is -5.17. The number of carboxylic acids is 1. The van der Waals surface area contributed by atoms with Crippen LogP contribution in [0.3, 0.4) is 0 Å². The van der Waals surface area contributed by atoms with E-state index >= 15 is 0 Å². The SMILES string of the molecule is C=C1CC[C@@H](C(=O)O)[C@H]2[C@H](O)C[C@@]3([C@@H]4CC[C@]5(CC[C@H](Cc6ccccc6)C5)C4)C4=C(CC[C@]23C)[C@]23CC[C@H](O)[C@@]5(C)CC=C(CC(C)C)[C@@](C=C6C(=c7ccccc7=C[C@@H]62)Cc2cccc(c2)C2=CC=C(NCCC[C@H]1C1CCCCC1)NC2)(C4)[C@@H]53. The summed E-state index contributed by atoms with van der Waals surface area (Å²) in [6.45, 7) is 16.5. The molecule has 0 aromatic heterocycles. The first-order chi connectivity index (χ1) is 42.1. The van der Waals surface area contributed by atoms with E-state index in [1.54, 1.807) is 16.7 Å². The molecule has 0 saturated heterocycles. The quantitative estimate of drug-likeness (QED) is 0.151. The van der Waals surface area contributed by atoms with E-state index in [0.29, 0.717) is 48.9 Å². The molecule has 5 fully saturated rings. The number of rotatable bonds is 7. The molecule has 6 nitrogen and oxygen atoms in total. The number of aliphatic hydroxyl groups is 2. The fraction of sp³-hybridized carbons (Fsp3) is 0.593. The van der Waals surface area contributed by atoms with Crippen molar-refractivity contribution in [3.8, 4) is 0 Å². The van der Waals surface area contributed by atoms with E-state index in [1.165, 1.54) is 114 Å². The van der Waals surface area contributed by atoms with Gasteiger partial charge in [0.1, 0.15) is 0 Å². The fourth-order valence-electron chi connectivity index (χ4n) is 24.2. The molecular formula is C81H102N2O4. The molecule has 6 aliphatic heterocycles. The molecule has 3 aromatic carbocycles. The Labute approximate surface area is 521 Å². The lowest BCUT2D eigenvalue weighted by Crippen LogP contribution is -2.69. The van der Waals surface area contributed by atoms with Crippen LogP contribution >= 0.6 is 0 Å². The van der Waals surface area contributed by atoms with E-state index in [9.17, 15) is 20.1 Å². The Kier molecular flexibility index (Phi) is 14.8. The molecular weight excluding hydrogens is 1060 g/mol. The van der Waals surface area contributed by atoms with Crippen molar-refractivity contribution >= 4 is 23.2 Å². The first-order valence-electron chi connectivity index (χ1n) is 35.3. The number of dihydropyridines is 1. The predicted molar refractivity (Wildman–Crippen MR) is 353 cm³/mol. The number of benzene rings is 3. The molecule has 0 unspecified atom stereocenters. The van der Waals surface area contributed by atoms with E-state index in [-0.39, 0.29) is 44.8 Å². The number of fused-ring (bicyclic) bond motifs is 1. The Balaban J connectivity index is 0.938. The summed E-state index contributed by atoms with van der Waals surface area (Å²) in [4.78, 5) is 14.7. The van der Waals surface area contributed by atoms with Crippen LogP contribution in [0.25, 0.3) is 17.2 Å². The van der Waals surface area contributed by atoms with Crippen LogP contribution in [-0.2, 0) is 17.6 Å². The van der Waals surface area contributed by atoms with Crippen molar-refractivity contribution in [1.82, 2.24) is 10.6 Å². The topological polar surface area (TPSA) is 102 Å². The van der Waals surface area contributed by atoms with Gasteiger partial charge in [0.2, 0.25) is 0 Å². The second kappa shape index (κ2) is 22.1. The fourth-order valence-corrected chi connectivity index (χ4v) is 24.2. The van der Waals surface area contributed by atoms with Crippen molar-refractivity contribution in [2.24, 2.45) is 85.8 Å². The van der Waals surface area contributed by atoms with Crippen LogP contribution in [0.15, 0.2) is 143 Å². The molecule has 0 radical (unpaired) electrons. The second-order valence-electron chi connectivity index (χ2n) is 32.2. The third-order valence-corrected chi connectivity index (χ3v) is 27.6. The maximum Gasteiger partial charge on any atom is 0.306 e. The normalized spacial score (nSPS) is 39.8. The third-order valence-electron chi connectivity index (χ3n) is 27.6. The minimum Gasteiger partial charge on any atom is -0.481 e. The van der Waals surface area contributed by atoms with Gasteiger partial charge in [0.15, 0.2) is 0 Å². The van der Waals surface area contributed by atoms with E-state index in [1.807, 2.05) is 0 Å². The minimum atomic E-state index is -0.725. The van der Waals surface area contributed by atoms with Crippen LogP contribution in [0.1, 0.15) is 192 Å². The summed E-state index contributed by atoms with van der Waals surface area (Å²) in [5, 5.41) is 49.0. The van der Waals surface area contributed by atoms with Gasteiger partial charge in [-0.25, -0.2) is 0 Å². The Morgan fingerprint density at radius 1 is 0.793 bits per heavy atom. The van der Waals surface area contributed by atoms with Gasteiger partial charge < -0.3 is 26.0 Å². The average molecular weight is 1170 g/mol. The average Bonchev–Trinajstić information content (AvgIpc) is 1.54. The molecule has 6 heterocycles. The summed E-state index contributed by atoms with van der Waals surface area (Å²) in [6.07, 6.45) is 37.7. The molecule has 6 heteroatoms. The Morgan fingerprint density at radius 3 is 2.41 bits per heavy atom. The van der Waals surface area contributed by atoms with Gasteiger partial charge in [-0.05, 0) is 238 Å². The summed E-state index contributed by atoms with van der Waals surface area (Å²) in [5.74, 6) is 2.03. The second-order valence-corrected chi connectivity index (χ2v) is 32.2. The maximum absolute atomic E-state index is 14.7. The molecule has 3 spiro atoms. The molecule has 16 aliphatic rings. The van der Waals surface area contributed by atoms with Crippen LogP contribution in [0.4, 0.5) is 0 Å². The van der Waals surface area contributed by atoms with Crippen molar-refractivity contribution < 1.29 is 20.1 Å². The van der Waals surface area contributed by atoms with Gasteiger partial charge in [-0.2, -0.15) is 0 Å². The first kappa shape index (κ1) is 58.2. The van der Waals surface area contributed by atoms with Gasteiger partial charge in [0.05, 0.1) is 23.9 Å². The molecule has 14 bridgehead atoms. The number of hydrogen-bond donors (Lipinski definition) is 5. The molecule has 87 heavy (non-hydrogen) atoms. The largest absolute Gasteiger partial charge is 0.481 e. The highest BCUT2D eigenvalue weighted by Gasteiger charge is 2.77. The van der Waals surface area contributed by atoms with Crippen molar-refractivity contribution in [2.75, 3.05) is 13.1 Å². The van der Waals surface area contributed by atoms with Gasteiger partial charge in [-0.3, -0.25) is 4.79 Å². The highest BCUT2D eigenvalue weighted by molar-refractivity contribution is 5.78. The van der Waals surface area contributed by atoms with Gasteiger partial charge >= 0.3 is 5.97 Å². The Morgan fingerprint density at radius 2 is 1.61 bits per heavy atom. The lowest BCUT2D eigenvalue weighted by molar-refractivity contribution is -0.167. The standard InChI is InChI=1S/C81H102N2O4/c1-51(2)40-60-30-34-76(4)71(85)33-38-80-67-32-35-77(5)73-64(74(86)87)27-25-52(3)62(56-19-10-7-11-20-56)24-15-39-82-72-28-26-59(50-83-72)57-22-14-18-54(42-57)43-65-63-23-13-12-21-58(63)44-68(80)66(65)47-79(60,75(76)80)48-69(67)81(77,49-70(73)84)61-31-37-78(46-61)36-29-55(45-78)41-53-16-8-6-9-17-53/h6,8-9,12-14,16-18,21-23,26,28,30,42,44,47,51,55-56,61-62,64,68,70-71,73,75,82-85H,3,7,10-11,15,19-20,24-25,27,29,31-41,43,45-46,48-50H2,1-2,4-5H3,(H,86,87)/t55-,61-,62-,64-,68+,70-,71+,73+,75-,76-,77-,78+,79-,80-,81-/m1/s1. The van der Waals surface area contributed by atoms with Crippen molar-refractivity contribution in [3.05, 3.63) is 171 Å². The van der Waals surface area contributed by atoms with Gasteiger partial charge in [0.25, 0.3) is 0 Å². The molecule has 5 N–H and O–H groups in total. The number of hydrogen-bond acceptors (Lipinski definition) is 5. The summed E-state index contributed by atoms with van der Waals surface area (Å²) in [5.41, 5.74) is 13.0. The summed E-state index contributed by atoms with van der Waals surface area (Å²) in [7, 11) is 0. The van der Waals surface area contributed by atoms with E-state index in [2.05, 4.69) is 148 Å². The Bertz CT molecular complexity index is 3520. The lowest BCUT2D eigenvalue weighted by atomic mass is 9.29. The molecule has 460 valence electrons. The number of carbonyl (C=O) groups is 1. The van der Waals surface area contributed by atoms with Gasteiger partial charge in [-0.1, -0.05) is 179 Å². The maximum atomic E-state index is 14.7. The molecule has 19 rings (SSSR count). The van der Waals surface area contributed by atoms with Crippen LogP contribution in [-0.4, -0.2) is 46.6 Å². The number of aliphatic hydroxyl groups excluding tert-OH is 2. The predicted octanol–water partition coefficient (Wildman–Crippen LogP) is 15.7. The zero-order valence-corrected chi connectivity index (χ0v) is 53.3. The van der Waals surface area contributed by atoms with Crippen LogP contribution in [0.2, 0.25) is 0 Å². The molecule has 3 aromatic rings. The van der Waals surface area contributed by atoms with E-state index in [4.69, 9.17) is 6.58 Å². The monoisotopic (exact) mass is 1170 g/mol. The number of carboxylic acid groups (broad SMARTS) is 1. The zero-order valence-electron chi connectivity index (χ0n) is 53.3. The summed E-state index contributed by atoms with van der Waals surface area (Å²) >= 11 is 0. The number of aliphatic carboxylic acids is 1. The van der Waals surface area contributed by atoms with Crippen molar-refractivity contribution in [1.29, 1.82) is 0 Å². The van der Waals surface area contributed by atoms with Gasteiger partial charge in [0, 0.05) is 46.6 Å². The van der Waals surface area contributed by atoms with Crippen LogP contribution < -0.4 is 21.1 Å². The summed E-state index contributed by atoms with van der Waals surface area (Å²) < 4.78 is 0. The van der Waals surface area contributed by atoms with E-state index < -0.39 is 29.5 Å². The molecule has 15 atom stereocenters. The lowest BCUT2D eigenvalue weighted by Gasteiger charge is -2.74. The van der Waals surface area contributed by atoms with Gasteiger partial charge in [-0.15, -0.1) is 0 Å². The van der Waals surface area contributed by atoms with Crippen molar-refractivity contribution in [3.63, 3.8) is 0 Å². The summed E-state index contributed by atoms with van der Waals surface area (Å²) in [6, 6.07) is 30.0.